The molecule has 3 aromatic rings. The molecule has 5 nitrogen and oxygen atoms in total. The lowest BCUT2D eigenvalue weighted by molar-refractivity contribution is 0.247. The van der Waals surface area contributed by atoms with Crippen molar-refractivity contribution < 1.29 is 9.18 Å². The Labute approximate surface area is 157 Å². The number of rotatable bonds is 4. The van der Waals surface area contributed by atoms with E-state index in [1.165, 1.54) is 11.6 Å². The zero-order valence-electron chi connectivity index (χ0n) is 15.1. The predicted octanol–water partition coefficient (Wildman–Crippen LogP) is 4.08. The average Bonchev–Trinajstić information content (AvgIpc) is 3.11. The zero-order chi connectivity index (χ0) is 18.8. The summed E-state index contributed by atoms with van der Waals surface area (Å²) in [5, 5.41) is 6.75. The maximum Gasteiger partial charge on any atom is 0.321 e. The Balaban J connectivity index is 1.56. The minimum Gasteiger partial charge on any atom is -0.381 e. The molecule has 2 heterocycles. The van der Waals surface area contributed by atoms with Gasteiger partial charge >= 0.3 is 6.03 Å². The zero-order valence-corrected chi connectivity index (χ0v) is 15.1. The number of anilines is 2. The van der Waals surface area contributed by atoms with Crippen LogP contribution in [-0.2, 0) is 13.0 Å². The van der Waals surface area contributed by atoms with Crippen molar-refractivity contribution in [3.8, 4) is 0 Å². The third-order valence-corrected chi connectivity index (χ3v) is 4.84. The van der Waals surface area contributed by atoms with Crippen LogP contribution < -0.4 is 15.5 Å². The van der Waals surface area contributed by atoms with Gasteiger partial charge in [0.05, 0.1) is 11.2 Å². The van der Waals surface area contributed by atoms with Crippen LogP contribution in [0.25, 0.3) is 10.9 Å². The highest BCUT2D eigenvalue weighted by molar-refractivity contribution is 5.94. The Morgan fingerprint density at radius 3 is 3.00 bits per heavy atom. The van der Waals surface area contributed by atoms with Crippen molar-refractivity contribution in [3.05, 3.63) is 65.6 Å². The molecular weight excluding hydrogens is 343 g/mol. The van der Waals surface area contributed by atoms with Gasteiger partial charge in [0, 0.05) is 36.9 Å². The number of carbonyl (C=O) groups is 1. The topological polar surface area (TPSA) is 57.3 Å². The van der Waals surface area contributed by atoms with E-state index in [2.05, 4.69) is 21.7 Å². The minimum absolute atomic E-state index is 0.0675. The number of pyridine rings is 1. The van der Waals surface area contributed by atoms with Gasteiger partial charge < -0.3 is 10.6 Å². The minimum atomic E-state index is -0.267. The fraction of sp³-hybridized carbons (Fsp3) is 0.238. The van der Waals surface area contributed by atoms with Gasteiger partial charge in [-0.3, -0.25) is 9.88 Å². The van der Waals surface area contributed by atoms with Crippen molar-refractivity contribution in [2.24, 2.45) is 0 Å². The average molecular weight is 364 g/mol. The van der Waals surface area contributed by atoms with Gasteiger partial charge in [-0.25, -0.2) is 9.18 Å². The Hall–Kier alpha value is -3.15. The van der Waals surface area contributed by atoms with E-state index < -0.39 is 0 Å². The third kappa shape index (κ3) is 3.30. The van der Waals surface area contributed by atoms with E-state index in [0.29, 0.717) is 30.5 Å². The van der Waals surface area contributed by atoms with Gasteiger partial charge in [-0.05, 0) is 54.8 Å². The molecule has 2 N–H and O–H groups in total. The van der Waals surface area contributed by atoms with Crippen LogP contribution in [0.15, 0.2) is 48.7 Å². The molecule has 2 aromatic carbocycles. The summed E-state index contributed by atoms with van der Waals surface area (Å²) in [5.74, 6) is -0.267. The lowest BCUT2D eigenvalue weighted by atomic mass is 10.1. The van der Waals surface area contributed by atoms with Gasteiger partial charge in [0.2, 0.25) is 0 Å². The van der Waals surface area contributed by atoms with Crippen LogP contribution in [0.5, 0.6) is 0 Å². The molecule has 138 valence electrons. The van der Waals surface area contributed by atoms with Crippen molar-refractivity contribution in [1.82, 2.24) is 10.3 Å². The van der Waals surface area contributed by atoms with Crippen molar-refractivity contribution in [2.75, 3.05) is 23.3 Å². The highest BCUT2D eigenvalue weighted by atomic mass is 19.1. The summed E-state index contributed by atoms with van der Waals surface area (Å²) in [6.07, 6.45) is 2.53. The summed E-state index contributed by atoms with van der Waals surface area (Å²) in [7, 11) is 0. The van der Waals surface area contributed by atoms with E-state index in [1.54, 1.807) is 29.3 Å². The number of benzene rings is 2. The summed E-state index contributed by atoms with van der Waals surface area (Å²) >= 11 is 0. The molecular formula is C21H21FN4O. The third-order valence-electron chi connectivity index (χ3n) is 4.84. The van der Waals surface area contributed by atoms with Crippen LogP contribution in [0.2, 0.25) is 0 Å². The number of hydrogen-bond donors (Lipinski definition) is 2. The van der Waals surface area contributed by atoms with Gasteiger partial charge in [0.25, 0.3) is 0 Å². The molecule has 1 aliphatic rings. The highest BCUT2D eigenvalue weighted by Gasteiger charge is 2.24. The second kappa shape index (κ2) is 7.23. The predicted molar refractivity (Wildman–Crippen MR) is 106 cm³/mol. The first-order chi connectivity index (χ1) is 13.2. The number of carbonyl (C=O) groups excluding carboxylic acids is 1. The summed E-state index contributed by atoms with van der Waals surface area (Å²) in [6, 6.07) is 12.7. The lowest BCUT2D eigenvalue weighted by Crippen LogP contribution is -2.38. The Kier molecular flexibility index (Phi) is 4.62. The van der Waals surface area contributed by atoms with Crippen LogP contribution in [0.3, 0.4) is 0 Å². The van der Waals surface area contributed by atoms with Crippen molar-refractivity contribution in [3.63, 3.8) is 0 Å². The second-order valence-electron chi connectivity index (χ2n) is 6.54. The van der Waals surface area contributed by atoms with Crippen molar-refractivity contribution in [2.45, 2.75) is 19.9 Å². The molecule has 0 spiro atoms. The van der Waals surface area contributed by atoms with E-state index in [9.17, 15) is 9.18 Å². The number of nitrogens with one attached hydrogen (secondary N) is 2. The molecule has 0 bridgehead atoms. The molecule has 4 rings (SSSR count). The Bertz CT molecular complexity index is 1000. The molecule has 27 heavy (non-hydrogen) atoms. The quantitative estimate of drug-likeness (QED) is 0.733. The van der Waals surface area contributed by atoms with E-state index in [4.69, 9.17) is 0 Å². The molecule has 1 aliphatic heterocycles. The molecule has 0 saturated carbocycles. The summed E-state index contributed by atoms with van der Waals surface area (Å²) < 4.78 is 14.0. The van der Waals surface area contributed by atoms with Crippen LogP contribution >= 0.6 is 0 Å². The maximum atomic E-state index is 14.0. The highest BCUT2D eigenvalue weighted by Crippen LogP contribution is 2.31. The van der Waals surface area contributed by atoms with Gasteiger partial charge in [0.15, 0.2) is 0 Å². The molecule has 1 aromatic heterocycles. The van der Waals surface area contributed by atoms with Crippen LogP contribution in [0.1, 0.15) is 18.1 Å². The van der Waals surface area contributed by atoms with E-state index >= 15 is 0 Å². The van der Waals surface area contributed by atoms with E-state index in [0.717, 1.165) is 23.4 Å². The molecule has 0 aliphatic carbocycles. The standard InChI is InChI=1S/C21H21FN4O/c1-2-23-21(27)26-11-9-14-5-7-16(12-19(14)26)25-13-15-6-8-18(22)17-4-3-10-24-20(15)17/h3-8,10,12,25H,2,9,11,13H2,1H3,(H,23,27). The second-order valence-corrected chi connectivity index (χ2v) is 6.54. The molecule has 6 heteroatoms. The van der Waals surface area contributed by atoms with Crippen LogP contribution in [0.4, 0.5) is 20.6 Å². The smallest absolute Gasteiger partial charge is 0.321 e. The van der Waals surface area contributed by atoms with Crippen LogP contribution in [0, 0.1) is 5.82 Å². The molecule has 0 fully saturated rings. The lowest BCUT2D eigenvalue weighted by Gasteiger charge is -2.18. The summed E-state index contributed by atoms with van der Waals surface area (Å²) in [5.41, 5.74) is 4.61. The number of nitrogens with zero attached hydrogens (tertiary/aromatic N) is 2. The number of aromatic nitrogens is 1. The number of fused-ring (bicyclic) bond motifs is 2. The van der Waals surface area contributed by atoms with Crippen molar-refractivity contribution >= 4 is 28.3 Å². The summed E-state index contributed by atoms with van der Waals surface area (Å²) in [4.78, 5) is 18.3. The van der Waals surface area contributed by atoms with Gasteiger partial charge in [0.1, 0.15) is 5.82 Å². The largest absolute Gasteiger partial charge is 0.381 e. The first-order valence-electron chi connectivity index (χ1n) is 9.11. The monoisotopic (exact) mass is 364 g/mol. The van der Waals surface area contributed by atoms with E-state index in [-0.39, 0.29) is 11.8 Å². The maximum absolute atomic E-state index is 14.0. The fourth-order valence-corrected chi connectivity index (χ4v) is 3.48. The SMILES string of the molecule is CCNC(=O)N1CCc2ccc(NCc3ccc(F)c4cccnc34)cc21. The first-order valence-corrected chi connectivity index (χ1v) is 9.11. The molecule has 0 unspecified atom stereocenters. The van der Waals surface area contributed by atoms with Crippen molar-refractivity contribution in [1.29, 1.82) is 0 Å². The fourth-order valence-electron chi connectivity index (χ4n) is 3.48. The molecule has 0 atom stereocenters. The normalized spacial score (nSPS) is 12.9. The van der Waals surface area contributed by atoms with E-state index in [1.807, 2.05) is 19.1 Å². The number of hydrogen-bond acceptors (Lipinski definition) is 3. The summed E-state index contributed by atoms with van der Waals surface area (Å²) in [6.45, 7) is 3.73. The number of halogens is 1. The number of urea groups is 1. The van der Waals surface area contributed by atoms with Gasteiger partial charge in [-0.15, -0.1) is 0 Å². The first kappa shape index (κ1) is 17.3. The molecule has 0 radical (unpaired) electrons. The van der Waals surface area contributed by atoms with Gasteiger partial charge in [-0.1, -0.05) is 12.1 Å². The van der Waals surface area contributed by atoms with Gasteiger partial charge in [-0.2, -0.15) is 0 Å². The van der Waals surface area contributed by atoms with Crippen LogP contribution in [-0.4, -0.2) is 24.1 Å². The number of amides is 2. The Morgan fingerprint density at radius 1 is 1.26 bits per heavy atom. The molecule has 2 amide bonds. The molecule has 0 saturated heterocycles. The Morgan fingerprint density at radius 2 is 2.15 bits per heavy atom.